The Hall–Kier alpha value is -2.66. The van der Waals surface area contributed by atoms with Gasteiger partial charge in [0.1, 0.15) is 17.8 Å². The summed E-state index contributed by atoms with van der Waals surface area (Å²) < 4.78 is 24.5. The average molecular weight is 366 g/mol. The normalized spacial score (nSPS) is 17.3. The second-order valence-corrected chi connectivity index (χ2v) is 6.78. The van der Waals surface area contributed by atoms with E-state index in [1.165, 1.54) is 17.7 Å². The standard InChI is InChI=1S/C22H23FN2O2/c1-2-26-20-10-8-16(9-11-20)21-7-4-12-25(21)14-19-15-27-22(24-19)17-5-3-6-18(23)13-17/h3,5-6,8-11,13,15,21H,2,4,7,12,14H2,1H3/t21-/m1/s1. The van der Waals surface area contributed by atoms with Gasteiger partial charge >= 0.3 is 0 Å². The second-order valence-electron chi connectivity index (χ2n) is 6.78. The lowest BCUT2D eigenvalue weighted by Gasteiger charge is -2.24. The lowest BCUT2D eigenvalue weighted by atomic mass is 10.0. The van der Waals surface area contributed by atoms with Crippen molar-refractivity contribution in [2.45, 2.75) is 32.4 Å². The maximum absolute atomic E-state index is 13.4. The molecule has 0 spiro atoms. The zero-order chi connectivity index (χ0) is 18.6. The van der Waals surface area contributed by atoms with Gasteiger partial charge < -0.3 is 9.15 Å². The molecule has 1 aliphatic rings. The van der Waals surface area contributed by atoms with Crippen molar-refractivity contribution in [1.29, 1.82) is 0 Å². The molecule has 1 atom stereocenters. The van der Waals surface area contributed by atoms with Gasteiger partial charge in [-0.1, -0.05) is 18.2 Å². The Bertz CT molecular complexity index is 891. The smallest absolute Gasteiger partial charge is 0.226 e. The van der Waals surface area contributed by atoms with Gasteiger partial charge in [-0.25, -0.2) is 9.37 Å². The van der Waals surface area contributed by atoms with Gasteiger partial charge in [-0.15, -0.1) is 0 Å². The first-order valence-electron chi connectivity index (χ1n) is 9.40. The van der Waals surface area contributed by atoms with Crippen LogP contribution in [0, 0.1) is 5.82 Å². The van der Waals surface area contributed by atoms with Gasteiger partial charge in [-0.2, -0.15) is 0 Å². The molecule has 4 rings (SSSR count). The fourth-order valence-corrected chi connectivity index (χ4v) is 3.69. The van der Waals surface area contributed by atoms with Crippen molar-refractivity contribution in [2.24, 2.45) is 0 Å². The SMILES string of the molecule is CCOc1ccc([C@H]2CCCN2Cc2coc(-c3cccc(F)c3)n2)cc1. The van der Waals surface area contributed by atoms with E-state index in [0.29, 0.717) is 24.1 Å². The molecule has 1 aliphatic heterocycles. The second kappa shape index (κ2) is 7.92. The minimum Gasteiger partial charge on any atom is -0.494 e. The summed E-state index contributed by atoms with van der Waals surface area (Å²) in [4.78, 5) is 6.98. The molecule has 0 amide bonds. The van der Waals surface area contributed by atoms with Crippen molar-refractivity contribution in [3.05, 3.63) is 71.9 Å². The number of hydrogen-bond donors (Lipinski definition) is 0. The minimum absolute atomic E-state index is 0.289. The Morgan fingerprint density at radius 1 is 1.22 bits per heavy atom. The van der Waals surface area contributed by atoms with E-state index in [-0.39, 0.29) is 5.82 Å². The molecule has 0 radical (unpaired) electrons. The summed E-state index contributed by atoms with van der Waals surface area (Å²) in [6.07, 6.45) is 3.96. The van der Waals surface area contributed by atoms with Crippen LogP contribution in [-0.4, -0.2) is 23.0 Å². The maximum atomic E-state index is 13.4. The lowest BCUT2D eigenvalue weighted by molar-refractivity contribution is 0.245. The van der Waals surface area contributed by atoms with E-state index < -0.39 is 0 Å². The summed E-state index contributed by atoms with van der Waals surface area (Å²) in [7, 11) is 0. The number of rotatable bonds is 6. The summed E-state index contributed by atoms with van der Waals surface area (Å²) in [6.45, 7) is 4.41. The molecule has 27 heavy (non-hydrogen) atoms. The molecule has 0 N–H and O–H groups in total. The first kappa shape index (κ1) is 17.7. The topological polar surface area (TPSA) is 38.5 Å². The molecule has 0 bridgehead atoms. The van der Waals surface area contributed by atoms with Crippen LogP contribution >= 0.6 is 0 Å². The quantitative estimate of drug-likeness (QED) is 0.600. The number of ether oxygens (including phenoxy) is 1. The van der Waals surface area contributed by atoms with E-state index in [4.69, 9.17) is 9.15 Å². The Kier molecular flexibility index (Phi) is 5.21. The fraction of sp³-hybridized carbons (Fsp3) is 0.318. The van der Waals surface area contributed by atoms with Gasteiger partial charge in [0, 0.05) is 18.2 Å². The molecule has 5 heteroatoms. The first-order valence-corrected chi connectivity index (χ1v) is 9.40. The van der Waals surface area contributed by atoms with Crippen LogP contribution in [0.1, 0.15) is 37.1 Å². The Morgan fingerprint density at radius 2 is 2.07 bits per heavy atom. The highest BCUT2D eigenvalue weighted by molar-refractivity contribution is 5.52. The highest BCUT2D eigenvalue weighted by Gasteiger charge is 2.27. The molecule has 0 unspecified atom stereocenters. The van der Waals surface area contributed by atoms with Crippen molar-refractivity contribution in [3.63, 3.8) is 0 Å². The zero-order valence-electron chi connectivity index (χ0n) is 15.4. The van der Waals surface area contributed by atoms with Gasteiger partial charge in [0.05, 0.1) is 12.3 Å². The molecular formula is C22H23FN2O2. The van der Waals surface area contributed by atoms with E-state index in [1.54, 1.807) is 18.4 Å². The molecule has 140 valence electrons. The van der Waals surface area contributed by atoms with Gasteiger partial charge in [-0.05, 0) is 62.2 Å². The summed E-state index contributed by atoms with van der Waals surface area (Å²) in [5.74, 6) is 1.07. The largest absolute Gasteiger partial charge is 0.494 e. The van der Waals surface area contributed by atoms with Gasteiger partial charge in [0.25, 0.3) is 0 Å². The monoisotopic (exact) mass is 366 g/mol. The van der Waals surface area contributed by atoms with Crippen molar-refractivity contribution in [2.75, 3.05) is 13.2 Å². The number of hydrogen-bond acceptors (Lipinski definition) is 4. The van der Waals surface area contributed by atoms with Crippen LogP contribution in [-0.2, 0) is 6.54 Å². The average Bonchev–Trinajstić information content (AvgIpc) is 3.33. The summed E-state index contributed by atoms with van der Waals surface area (Å²) in [6, 6.07) is 15.1. The van der Waals surface area contributed by atoms with E-state index in [2.05, 4.69) is 22.0 Å². The van der Waals surface area contributed by atoms with Crippen LogP contribution in [0.5, 0.6) is 5.75 Å². The number of aromatic nitrogens is 1. The van der Waals surface area contributed by atoms with Gasteiger partial charge in [0.15, 0.2) is 0 Å². The molecule has 1 saturated heterocycles. The predicted molar refractivity (Wildman–Crippen MR) is 102 cm³/mol. The van der Waals surface area contributed by atoms with E-state index in [1.807, 2.05) is 19.1 Å². The molecule has 2 heterocycles. The highest BCUT2D eigenvalue weighted by Crippen LogP contribution is 2.34. The lowest BCUT2D eigenvalue weighted by Crippen LogP contribution is -2.22. The summed E-state index contributed by atoms with van der Waals surface area (Å²) in [5, 5.41) is 0. The third-order valence-electron chi connectivity index (χ3n) is 4.93. The van der Waals surface area contributed by atoms with Crippen LogP contribution in [0.3, 0.4) is 0 Å². The number of nitrogens with zero attached hydrogens (tertiary/aromatic N) is 2. The fourth-order valence-electron chi connectivity index (χ4n) is 3.69. The van der Waals surface area contributed by atoms with Crippen LogP contribution in [0.15, 0.2) is 59.2 Å². The Balaban J connectivity index is 1.47. The third kappa shape index (κ3) is 4.03. The molecule has 4 nitrogen and oxygen atoms in total. The maximum Gasteiger partial charge on any atom is 0.226 e. The molecule has 3 aromatic rings. The van der Waals surface area contributed by atoms with Crippen LogP contribution in [0.25, 0.3) is 11.5 Å². The first-order chi connectivity index (χ1) is 13.2. The molecule has 1 fully saturated rings. The van der Waals surface area contributed by atoms with E-state index in [9.17, 15) is 4.39 Å². The third-order valence-corrected chi connectivity index (χ3v) is 4.93. The molecule has 2 aromatic carbocycles. The van der Waals surface area contributed by atoms with Crippen molar-refractivity contribution in [1.82, 2.24) is 9.88 Å². The van der Waals surface area contributed by atoms with E-state index in [0.717, 1.165) is 37.4 Å². The zero-order valence-corrected chi connectivity index (χ0v) is 15.4. The minimum atomic E-state index is -0.289. The molecule has 0 saturated carbocycles. The number of oxazole rings is 1. The Morgan fingerprint density at radius 3 is 2.85 bits per heavy atom. The van der Waals surface area contributed by atoms with Crippen LogP contribution in [0.4, 0.5) is 4.39 Å². The number of benzene rings is 2. The molecule has 0 aliphatic carbocycles. The predicted octanol–water partition coefficient (Wildman–Crippen LogP) is 5.22. The highest BCUT2D eigenvalue weighted by atomic mass is 19.1. The van der Waals surface area contributed by atoms with Crippen molar-refractivity contribution < 1.29 is 13.5 Å². The van der Waals surface area contributed by atoms with Crippen LogP contribution < -0.4 is 4.74 Å². The summed E-state index contributed by atoms with van der Waals surface area (Å²) in [5.41, 5.74) is 2.82. The van der Waals surface area contributed by atoms with Crippen molar-refractivity contribution in [3.8, 4) is 17.2 Å². The van der Waals surface area contributed by atoms with Crippen molar-refractivity contribution >= 4 is 0 Å². The van der Waals surface area contributed by atoms with Gasteiger partial charge in [-0.3, -0.25) is 4.90 Å². The van der Waals surface area contributed by atoms with Gasteiger partial charge in [0.2, 0.25) is 5.89 Å². The Labute approximate surface area is 158 Å². The number of halogens is 1. The van der Waals surface area contributed by atoms with Crippen LogP contribution in [0.2, 0.25) is 0 Å². The summed E-state index contributed by atoms with van der Waals surface area (Å²) >= 11 is 0. The molecule has 1 aromatic heterocycles. The molecular weight excluding hydrogens is 343 g/mol. The van der Waals surface area contributed by atoms with E-state index >= 15 is 0 Å². The number of likely N-dealkylation sites (tertiary alicyclic amines) is 1.